The highest BCUT2D eigenvalue weighted by atomic mass is 16.7. The normalized spacial score (nSPS) is 25.6. The van der Waals surface area contributed by atoms with E-state index >= 15 is 0 Å². The predicted molar refractivity (Wildman–Crippen MR) is 119 cm³/mol. The molecule has 13 heteroatoms. The zero-order valence-electron chi connectivity index (χ0n) is 20.6. The highest BCUT2D eigenvalue weighted by Gasteiger charge is 2.60. The lowest BCUT2D eigenvalue weighted by atomic mass is 9.95. The van der Waals surface area contributed by atoms with Crippen LogP contribution in [0.5, 0.6) is 0 Å². The van der Waals surface area contributed by atoms with E-state index in [9.17, 15) is 24.3 Å². The Morgan fingerprint density at radius 1 is 0.829 bits per heavy atom. The summed E-state index contributed by atoms with van der Waals surface area (Å²) in [7, 11) is 0. The standard InChI is InChI=1S/C22H35N3O10/c1-5-9-15(26)31-13-14-19(32-16(27)10-6-2)20(33-17(28)11-7-3)21(34-18(29)12-8-4)22(30,35-14)24-25-23/h14,19-21,30H,5-13H2,1-4H3/t14-,19-,20+,21-,22-/m1/s1. The summed E-state index contributed by atoms with van der Waals surface area (Å²) in [6.45, 7) is 6.44. The molecule has 0 aromatic carbocycles. The molecule has 0 unspecified atom stereocenters. The Bertz CT molecular complexity index is 785. The average Bonchev–Trinajstić information content (AvgIpc) is 2.78. The molecule has 1 rings (SSSR count). The maximum absolute atomic E-state index is 12.4. The molecule has 1 aliphatic rings. The summed E-state index contributed by atoms with van der Waals surface area (Å²) in [5.41, 5.74) is 9.05. The van der Waals surface area contributed by atoms with Gasteiger partial charge in [0, 0.05) is 30.6 Å². The lowest BCUT2D eigenvalue weighted by Gasteiger charge is -2.46. The third-order valence-corrected chi connectivity index (χ3v) is 4.89. The van der Waals surface area contributed by atoms with E-state index in [1.807, 2.05) is 0 Å². The maximum Gasteiger partial charge on any atom is 0.306 e. The van der Waals surface area contributed by atoms with Crippen molar-refractivity contribution in [2.75, 3.05) is 6.61 Å². The van der Waals surface area contributed by atoms with Crippen LogP contribution < -0.4 is 0 Å². The van der Waals surface area contributed by atoms with Crippen molar-refractivity contribution in [3.05, 3.63) is 10.4 Å². The lowest BCUT2D eigenvalue weighted by Crippen LogP contribution is -2.67. The minimum atomic E-state index is -2.84. The van der Waals surface area contributed by atoms with Crippen LogP contribution >= 0.6 is 0 Å². The molecule has 0 saturated carbocycles. The first-order valence-corrected chi connectivity index (χ1v) is 11.9. The van der Waals surface area contributed by atoms with Crippen LogP contribution in [0.15, 0.2) is 5.11 Å². The van der Waals surface area contributed by atoms with Gasteiger partial charge in [-0.1, -0.05) is 27.7 Å². The zero-order valence-corrected chi connectivity index (χ0v) is 20.6. The van der Waals surface area contributed by atoms with Crippen molar-refractivity contribution in [1.82, 2.24) is 0 Å². The van der Waals surface area contributed by atoms with Crippen molar-refractivity contribution in [2.45, 2.75) is 109 Å². The number of aliphatic hydroxyl groups is 1. The molecule has 1 aliphatic heterocycles. The molecule has 1 heterocycles. The summed E-state index contributed by atoms with van der Waals surface area (Å²) in [6.07, 6.45) is -4.54. The topological polar surface area (TPSA) is 183 Å². The van der Waals surface area contributed by atoms with Crippen LogP contribution in [0.2, 0.25) is 0 Å². The molecule has 1 fully saturated rings. The van der Waals surface area contributed by atoms with Crippen molar-refractivity contribution >= 4 is 23.9 Å². The maximum atomic E-state index is 12.4. The Hall–Kier alpha value is -2.89. The fourth-order valence-electron chi connectivity index (χ4n) is 3.33. The Kier molecular flexibility index (Phi) is 13.1. The van der Waals surface area contributed by atoms with Gasteiger partial charge >= 0.3 is 23.9 Å². The van der Waals surface area contributed by atoms with Crippen molar-refractivity contribution in [2.24, 2.45) is 5.11 Å². The molecule has 198 valence electrons. The quantitative estimate of drug-likeness (QED) is 0.122. The van der Waals surface area contributed by atoms with Crippen LogP contribution in [0.4, 0.5) is 0 Å². The smallest absolute Gasteiger partial charge is 0.306 e. The van der Waals surface area contributed by atoms with E-state index in [2.05, 4.69) is 10.0 Å². The summed E-state index contributed by atoms with van der Waals surface area (Å²) in [6, 6.07) is 0. The molecule has 13 nitrogen and oxygen atoms in total. The molecule has 0 spiro atoms. The third-order valence-electron chi connectivity index (χ3n) is 4.89. The predicted octanol–water partition coefficient (Wildman–Crippen LogP) is 2.82. The molecule has 0 aliphatic carbocycles. The van der Waals surface area contributed by atoms with Gasteiger partial charge in [0.25, 0.3) is 5.91 Å². The van der Waals surface area contributed by atoms with Gasteiger partial charge in [0.05, 0.1) is 0 Å². The van der Waals surface area contributed by atoms with E-state index in [0.29, 0.717) is 25.7 Å². The molecule has 1 saturated heterocycles. The molecular weight excluding hydrogens is 466 g/mol. The van der Waals surface area contributed by atoms with Crippen LogP contribution in [-0.4, -0.2) is 65.9 Å². The van der Waals surface area contributed by atoms with Gasteiger partial charge in [-0.3, -0.25) is 19.2 Å². The van der Waals surface area contributed by atoms with E-state index < -0.39 is 60.8 Å². The highest BCUT2D eigenvalue weighted by Crippen LogP contribution is 2.36. The number of nitrogens with zero attached hydrogens (tertiary/aromatic N) is 3. The van der Waals surface area contributed by atoms with Gasteiger partial charge in [-0.2, -0.15) is 0 Å². The molecule has 1 N–H and O–H groups in total. The minimum Gasteiger partial charge on any atom is -0.463 e. The van der Waals surface area contributed by atoms with E-state index in [1.165, 1.54) is 0 Å². The molecule has 0 aromatic rings. The number of hydrogen-bond donors (Lipinski definition) is 1. The van der Waals surface area contributed by atoms with Gasteiger partial charge in [-0.05, 0) is 36.3 Å². The van der Waals surface area contributed by atoms with Crippen molar-refractivity contribution in [3.8, 4) is 0 Å². The molecule has 0 amide bonds. The summed E-state index contributed by atoms with van der Waals surface area (Å²) >= 11 is 0. The monoisotopic (exact) mass is 501 g/mol. The Morgan fingerprint density at radius 3 is 1.77 bits per heavy atom. The zero-order chi connectivity index (χ0) is 26.4. The number of hydrogen-bond acceptors (Lipinski definition) is 11. The largest absolute Gasteiger partial charge is 0.463 e. The van der Waals surface area contributed by atoms with Gasteiger partial charge in [-0.15, -0.1) is 0 Å². The van der Waals surface area contributed by atoms with Crippen molar-refractivity contribution in [1.29, 1.82) is 0 Å². The molecular formula is C22H35N3O10. The molecule has 35 heavy (non-hydrogen) atoms. The van der Waals surface area contributed by atoms with Crippen LogP contribution in [0.25, 0.3) is 10.4 Å². The summed E-state index contributed by atoms with van der Waals surface area (Å²) in [5, 5.41) is 14.3. The van der Waals surface area contributed by atoms with Crippen molar-refractivity contribution in [3.63, 3.8) is 0 Å². The van der Waals surface area contributed by atoms with Gasteiger partial charge in [0.2, 0.25) is 6.10 Å². The fourth-order valence-corrected chi connectivity index (χ4v) is 3.33. The van der Waals surface area contributed by atoms with Crippen molar-refractivity contribution < 1.29 is 48.0 Å². The van der Waals surface area contributed by atoms with Gasteiger partial charge in [0.15, 0.2) is 12.2 Å². The number of esters is 4. The molecule has 0 aromatic heterocycles. The SMILES string of the molecule is CCCC(=O)OC[C@H]1O[C@@](O)(N=[N+]=[N-])[C@H](OC(=O)CCC)[C@@H](OC(=O)CCC)[C@@H]1OC(=O)CCC. The molecule has 5 atom stereocenters. The lowest BCUT2D eigenvalue weighted by molar-refractivity contribution is -0.349. The second-order valence-corrected chi connectivity index (χ2v) is 8.01. The Morgan fingerprint density at radius 2 is 1.29 bits per heavy atom. The Balaban J connectivity index is 3.50. The first-order chi connectivity index (χ1) is 16.6. The molecule has 0 radical (unpaired) electrons. The number of azide groups is 1. The second-order valence-electron chi connectivity index (χ2n) is 8.01. The summed E-state index contributed by atoms with van der Waals surface area (Å²) in [4.78, 5) is 51.7. The van der Waals surface area contributed by atoms with E-state index in [4.69, 9.17) is 29.2 Å². The minimum absolute atomic E-state index is 0.00930. The first-order valence-electron chi connectivity index (χ1n) is 11.9. The van der Waals surface area contributed by atoms with Gasteiger partial charge in [0.1, 0.15) is 12.7 Å². The summed E-state index contributed by atoms with van der Waals surface area (Å²) < 4.78 is 27.0. The Labute approximate surface area is 204 Å². The fraction of sp³-hybridized carbons (Fsp3) is 0.818. The number of ether oxygens (including phenoxy) is 5. The van der Waals surface area contributed by atoms with Crippen LogP contribution in [0.3, 0.4) is 0 Å². The van der Waals surface area contributed by atoms with E-state index in [0.717, 1.165) is 0 Å². The van der Waals surface area contributed by atoms with Crippen LogP contribution in [0.1, 0.15) is 79.1 Å². The summed E-state index contributed by atoms with van der Waals surface area (Å²) in [5.74, 6) is -5.65. The van der Waals surface area contributed by atoms with Gasteiger partial charge in [-0.25, -0.2) is 0 Å². The number of rotatable bonds is 14. The highest BCUT2D eigenvalue weighted by molar-refractivity contribution is 5.72. The average molecular weight is 502 g/mol. The van der Waals surface area contributed by atoms with E-state index in [-0.39, 0.29) is 25.7 Å². The van der Waals surface area contributed by atoms with Crippen LogP contribution in [-0.2, 0) is 42.9 Å². The van der Waals surface area contributed by atoms with Crippen LogP contribution in [0, 0.1) is 0 Å². The number of carbonyl (C=O) groups is 4. The second kappa shape index (κ2) is 15.2. The number of carbonyl (C=O) groups excluding carboxylic acids is 4. The molecule has 0 bridgehead atoms. The third kappa shape index (κ3) is 9.35. The van der Waals surface area contributed by atoms with Gasteiger partial charge < -0.3 is 28.8 Å². The first kappa shape index (κ1) is 30.1. The van der Waals surface area contributed by atoms with E-state index in [1.54, 1.807) is 27.7 Å².